The first kappa shape index (κ1) is 11.5. The summed E-state index contributed by atoms with van der Waals surface area (Å²) in [7, 11) is 0. The second-order valence-electron chi connectivity index (χ2n) is 4.53. The number of aliphatic hydroxyl groups is 1. The summed E-state index contributed by atoms with van der Waals surface area (Å²) in [5.41, 5.74) is -1.08. The summed E-state index contributed by atoms with van der Waals surface area (Å²) < 4.78 is 5.24. The van der Waals surface area contributed by atoms with Crippen LogP contribution in [0.5, 0.6) is 0 Å². The predicted octanol–water partition coefficient (Wildman–Crippen LogP) is 1.86. The molecule has 3 nitrogen and oxygen atoms in total. The highest BCUT2D eigenvalue weighted by atomic mass is 16.5. The molecule has 1 N–H and O–H groups in total. The third-order valence-corrected chi connectivity index (χ3v) is 3.17. The monoisotopic (exact) mass is 197 g/mol. The molecule has 80 valence electrons. The minimum absolute atomic E-state index is 0.363. The van der Waals surface area contributed by atoms with Crippen LogP contribution in [-0.4, -0.2) is 23.9 Å². The fraction of sp³-hybridized carbons (Fsp3) is 0.909. The number of nitrogens with zero attached hydrogens (tertiary/aromatic N) is 1. The third-order valence-electron chi connectivity index (χ3n) is 3.17. The summed E-state index contributed by atoms with van der Waals surface area (Å²) in [4.78, 5) is 0. The Morgan fingerprint density at radius 1 is 1.50 bits per heavy atom. The van der Waals surface area contributed by atoms with E-state index in [1.165, 1.54) is 0 Å². The molecule has 0 spiro atoms. The average molecular weight is 197 g/mol. The van der Waals surface area contributed by atoms with E-state index in [1.807, 2.05) is 13.8 Å². The molecule has 1 aliphatic heterocycles. The Morgan fingerprint density at radius 2 is 2.07 bits per heavy atom. The standard InChI is InChI=1S/C11H19NO2/c1-3-10(2,13)8-11(9-12)4-6-14-7-5-11/h13H,3-8H2,1-2H3. The molecule has 0 aromatic rings. The van der Waals surface area contributed by atoms with Gasteiger partial charge in [-0.25, -0.2) is 0 Å². The number of rotatable bonds is 3. The molecule has 0 aliphatic carbocycles. The molecular formula is C11H19NO2. The van der Waals surface area contributed by atoms with Gasteiger partial charge in [0.1, 0.15) is 0 Å². The van der Waals surface area contributed by atoms with Crippen molar-refractivity contribution in [1.29, 1.82) is 5.26 Å². The van der Waals surface area contributed by atoms with Crippen molar-refractivity contribution >= 4 is 0 Å². The molecule has 0 saturated carbocycles. The van der Waals surface area contributed by atoms with Gasteiger partial charge < -0.3 is 9.84 Å². The largest absolute Gasteiger partial charge is 0.390 e. The van der Waals surface area contributed by atoms with Crippen LogP contribution in [0.4, 0.5) is 0 Å². The van der Waals surface area contributed by atoms with E-state index in [0.717, 1.165) is 12.8 Å². The van der Waals surface area contributed by atoms with Crippen molar-refractivity contribution in [1.82, 2.24) is 0 Å². The maximum absolute atomic E-state index is 9.98. The number of nitriles is 1. The molecule has 0 amide bonds. The van der Waals surface area contributed by atoms with Gasteiger partial charge in [-0.2, -0.15) is 5.26 Å². The maximum atomic E-state index is 9.98. The van der Waals surface area contributed by atoms with Gasteiger partial charge in [0.2, 0.25) is 0 Å². The van der Waals surface area contributed by atoms with Gasteiger partial charge in [-0.15, -0.1) is 0 Å². The average Bonchev–Trinajstić information content (AvgIpc) is 2.19. The van der Waals surface area contributed by atoms with E-state index in [-0.39, 0.29) is 5.41 Å². The van der Waals surface area contributed by atoms with Crippen LogP contribution < -0.4 is 0 Å². The zero-order chi connectivity index (χ0) is 10.7. The van der Waals surface area contributed by atoms with E-state index in [1.54, 1.807) is 0 Å². The number of hydrogen-bond acceptors (Lipinski definition) is 3. The van der Waals surface area contributed by atoms with Gasteiger partial charge in [-0.1, -0.05) is 6.92 Å². The van der Waals surface area contributed by atoms with Crippen molar-refractivity contribution in [3.8, 4) is 6.07 Å². The summed E-state index contributed by atoms with van der Waals surface area (Å²) in [6, 6.07) is 2.37. The highest BCUT2D eigenvalue weighted by Crippen LogP contribution is 2.38. The molecule has 0 aromatic carbocycles. The highest BCUT2D eigenvalue weighted by Gasteiger charge is 2.38. The molecule has 1 atom stereocenters. The summed E-state index contributed by atoms with van der Waals surface area (Å²) in [6.45, 7) is 5.05. The molecule has 1 saturated heterocycles. The van der Waals surface area contributed by atoms with Crippen molar-refractivity contribution < 1.29 is 9.84 Å². The van der Waals surface area contributed by atoms with Crippen LogP contribution in [0, 0.1) is 16.7 Å². The summed E-state index contributed by atoms with van der Waals surface area (Å²) in [6.07, 6.45) is 2.76. The predicted molar refractivity (Wildman–Crippen MR) is 53.6 cm³/mol. The molecule has 0 aromatic heterocycles. The first-order valence-corrected chi connectivity index (χ1v) is 5.25. The fourth-order valence-electron chi connectivity index (χ4n) is 1.94. The van der Waals surface area contributed by atoms with Crippen LogP contribution in [0.1, 0.15) is 39.5 Å². The van der Waals surface area contributed by atoms with Crippen LogP contribution in [0.2, 0.25) is 0 Å². The maximum Gasteiger partial charge on any atom is 0.0692 e. The molecule has 3 heteroatoms. The van der Waals surface area contributed by atoms with Crippen LogP contribution in [0.3, 0.4) is 0 Å². The zero-order valence-corrected chi connectivity index (χ0v) is 9.05. The van der Waals surface area contributed by atoms with Gasteiger partial charge in [0.25, 0.3) is 0 Å². The van der Waals surface area contributed by atoms with E-state index in [0.29, 0.717) is 26.1 Å². The lowest BCUT2D eigenvalue weighted by molar-refractivity contribution is -0.0265. The Balaban J connectivity index is 2.66. The molecule has 14 heavy (non-hydrogen) atoms. The minimum Gasteiger partial charge on any atom is -0.390 e. The van der Waals surface area contributed by atoms with E-state index < -0.39 is 5.60 Å². The lowest BCUT2D eigenvalue weighted by Crippen LogP contribution is -2.37. The number of ether oxygens (including phenoxy) is 1. The third kappa shape index (κ3) is 2.70. The van der Waals surface area contributed by atoms with Gasteiger partial charge in [-0.3, -0.25) is 0 Å². The van der Waals surface area contributed by atoms with Crippen LogP contribution in [-0.2, 0) is 4.74 Å². The lowest BCUT2D eigenvalue weighted by atomic mass is 9.73. The summed E-state index contributed by atoms with van der Waals surface area (Å²) >= 11 is 0. The van der Waals surface area contributed by atoms with E-state index >= 15 is 0 Å². The molecule has 1 fully saturated rings. The van der Waals surface area contributed by atoms with Crippen LogP contribution >= 0.6 is 0 Å². The normalized spacial score (nSPS) is 25.0. The summed E-state index contributed by atoms with van der Waals surface area (Å²) in [5.74, 6) is 0. The van der Waals surface area contributed by atoms with Gasteiger partial charge >= 0.3 is 0 Å². The SMILES string of the molecule is CCC(C)(O)CC1(C#N)CCOCC1. The minimum atomic E-state index is -0.715. The first-order chi connectivity index (χ1) is 6.54. The number of hydrogen-bond donors (Lipinski definition) is 1. The van der Waals surface area contributed by atoms with Crippen LogP contribution in [0.25, 0.3) is 0 Å². The zero-order valence-electron chi connectivity index (χ0n) is 9.05. The topological polar surface area (TPSA) is 53.2 Å². The van der Waals surface area contributed by atoms with Gasteiger partial charge in [-0.05, 0) is 32.6 Å². The Morgan fingerprint density at radius 3 is 2.50 bits per heavy atom. The molecule has 0 radical (unpaired) electrons. The van der Waals surface area contributed by atoms with E-state index in [9.17, 15) is 10.4 Å². The molecule has 1 heterocycles. The van der Waals surface area contributed by atoms with Gasteiger partial charge in [0.05, 0.1) is 17.1 Å². The van der Waals surface area contributed by atoms with Crippen molar-refractivity contribution in [2.75, 3.05) is 13.2 Å². The Kier molecular flexibility index (Phi) is 3.52. The first-order valence-electron chi connectivity index (χ1n) is 5.25. The van der Waals surface area contributed by atoms with Crippen molar-refractivity contribution in [2.45, 2.75) is 45.1 Å². The molecule has 1 aliphatic rings. The second kappa shape index (κ2) is 4.29. The second-order valence-corrected chi connectivity index (χ2v) is 4.53. The van der Waals surface area contributed by atoms with E-state index in [4.69, 9.17) is 4.74 Å². The fourth-order valence-corrected chi connectivity index (χ4v) is 1.94. The van der Waals surface area contributed by atoms with Gasteiger partial charge in [0.15, 0.2) is 0 Å². The molecule has 0 bridgehead atoms. The smallest absolute Gasteiger partial charge is 0.0692 e. The Hall–Kier alpha value is -0.590. The van der Waals surface area contributed by atoms with Crippen molar-refractivity contribution in [2.24, 2.45) is 5.41 Å². The van der Waals surface area contributed by atoms with Gasteiger partial charge in [0, 0.05) is 13.2 Å². The van der Waals surface area contributed by atoms with Crippen molar-refractivity contribution in [3.63, 3.8) is 0 Å². The molecular weight excluding hydrogens is 178 g/mol. The lowest BCUT2D eigenvalue weighted by Gasteiger charge is -2.36. The Bertz CT molecular complexity index is 224. The van der Waals surface area contributed by atoms with Crippen LogP contribution in [0.15, 0.2) is 0 Å². The quantitative estimate of drug-likeness (QED) is 0.751. The van der Waals surface area contributed by atoms with Crippen molar-refractivity contribution in [3.05, 3.63) is 0 Å². The molecule has 1 rings (SSSR count). The molecule has 1 unspecified atom stereocenters. The van der Waals surface area contributed by atoms with E-state index in [2.05, 4.69) is 6.07 Å². The highest BCUT2D eigenvalue weighted by molar-refractivity contribution is 5.03. The Labute approximate surface area is 85.7 Å². The summed E-state index contributed by atoms with van der Waals surface area (Å²) in [5, 5.41) is 19.2.